The second kappa shape index (κ2) is 7.78. The molecule has 0 N–H and O–H groups in total. The van der Waals surface area contributed by atoms with E-state index < -0.39 is 0 Å². The molecule has 0 saturated heterocycles. The summed E-state index contributed by atoms with van der Waals surface area (Å²) >= 11 is 3.28. The SMILES string of the molecule is C=C(C)Cn1c(SCc2ccc3c(c2)OCO3)nc2sc3c(c2c1=O)CC[C@H](C)C3. The lowest BCUT2D eigenvalue weighted by Gasteiger charge is -2.17. The first-order valence-electron chi connectivity index (χ1n) is 10.2. The zero-order valence-electron chi connectivity index (χ0n) is 17.2. The minimum atomic E-state index is 0.0724. The lowest BCUT2D eigenvalue weighted by atomic mass is 9.89. The molecular formula is C23H24N2O3S2. The van der Waals surface area contributed by atoms with Gasteiger partial charge in [-0.05, 0) is 55.4 Å². The Kier molecular flexibility index (Phi) is 5.11. The Morgan fingerprint density at radius 1 is 1.37 bits per heavy atom. The molecule has 3 aromatic rings. The Morgan fingerprint density at radius 3 is 3.03 bits per heavy atom. The number of benzene rings is 1. The smallest absolute Gasteiger partial charge is 0.263 e. The molecule has 156 valence electrons. The minimum Gasteiger partial charge on any atom is -0.454 e. The Balaban J connectivity index is 1.53. The maximum atomic E-state index is 13.5. The first-order valence-corrected chi connectivity index (χ1v) is 12.0. The maximum Gasteiger partial charge on any atom is 0.263 e. The predicted molar refractivity (Wildman–Crippen MR) is 122 cm³/mol. The van der Waals surface area contributed by atoms with E-state index in [1.54, 1.807) is 27.7 Å². The van der Waals surface area contributed by atoms with Crippen LogP contribution in [0.1, 0.15) is 36.3 Å². The van der Waals surface area contributed by atoms with Crippen LogP contribution in [0.2, 0.25) is 0 Å². The van der Waals surface area contributed by atoms with Crippen LogP contribution in [0.25, 0.3) is 10.2 Å². The van der Waals surface area contributed by atoms with Crippen LogP contribution in [0.15, 0.2) is 40.3 Å². The number of aromatic nitrogens is 2. The van der Waals surface area contributed by atoms with Crippen molar-refractivity contribution in [3.8, 4) is 11.5 Å². The summed E-state index contributed by atoms with van der Waals surface area (Å²) in [5.41, 5.74) is 3.36. The molecule has 2 aliphatic rings. The Hall–Kier alpha value is -2.25. The van der Waals surface area contributed by atoms with E-state index in [1.165, 1.54) is 10.4 Å². The number of hydrogen-bond acceptors (Lipinski definition) is 6. The van der Waals surface area contributed by atoms with Crippen molar-refractivity contribution in [2.45, 2.75) is 50.6 Å². The molecule has 3 heterocycles. The molecule has 0 radical (unpaired) electrons. The number of hydrogen-bond donors (Lipinski definition) is 0. The Labute approximate surface area is 183 Å². The molecule has 2 aromatic heterocycles. The molecule has 0 unspecified atom stereocenters. The fourth-order valence-corrected chi connectivity index (χ4v) is 6.47. The van der Waals surface area contributed by atoms with Gasteiger partial charge in [-0.2, -0.15) is 0 Å². The number of rotatable bonds is 5. The van der Waals surface area contributed by atoms with Gasteiger partial charge < -0.3 is 9.47 Å². The molecule has 7 heteroatoms. The van der Waals surface area contributed by atoms with Gasteiger partial charge in [-0.1, -0.05) is 36.9 Å². The van der Waals surface area contributed by atoms with E-state index in [0.29, 0.717) is 18.2 Å². The maximum absolute atomic E-state index is 13.5. The molecule has 5 nitrogen and oxygen atoms in total. The van der Waals surface area contributed by atoms with E-state index >= 15 is 0 Å². The van der Waals surface area contributed by atoms with Gasteiger partial charge in [0.15, 0.2) is 16.7 Å². The van der Waals surface area contributed by atoms with Gasteiger partial charge in [-0.25, -0.2) is 4.98 Å². The van der Waals surface area contributed by atoms with Crippen LogP contribution < -0.4 is 15.0 Å². The second-order valence-corrected chi connectivity index (χ2v) is 10.3. The van der Waals surface area contributed by atoms with E-state index in [-0.39, 0.29) is 12.4 Å². The molecule has 1 aliphatic heterocycles. The van der Waals surface area contributed by atoms with Gasteiger partial charge in [0.1, 0.15) is 4.83 Å². The normalized spacial score (nSPS) is 17.3. The van der Waals surface area contributed by atoms with E-state index in [1.807, 2.05) is 25.1 Å². The summed E-state index contributed by atoms with van der Waals surface area (Å²) in [4.78, 5) is 20.7. The lowest BCUT2D eigenvalue weighted by Crippen LogP contribution is -2.24. The zero-order valence-corrected chi connectivity index (χ0v) is 18.8. The zero-order chi connectivity index (χ0) is 20.8. The summed E-state index contributed by atoms with van der Waals surface area (Å²) in [7, 11) is 0. The molecule has 0 fully saturated rings. The molecule has 1 atom stereocenters. The summed E-state index contributed by atoms with van der Waals surface area (Å²) < 4.78 is 12.7. The van der Waals surface area contributed by atoms with Crippen molar-refractivity contribution in [3.63, 3.8) is 0 Å². The Bertz CT molecular complexity index is 1210. The standard InChI is InChI=1S/C23H24N2O3S2/c1-13(2)10-25-22(26)20-16-6-4-14(3)8-19(16)30-21(20)24-23(25)29-11-15-5-7-17-18(9-15)28-12-27-17/h5,7,9,14H,1,4,6,8,10-12H2,2-3H3/t14-/m0/s1. The van der Waals surface area contributed by atoms with Crippen molar-refractivity contribution in [2.24, 2.45) is 5.92 Å². The first-order chi connectivity index (χ1) is 14.5. The van der Waals surface area contributed by atoms with Gasteiger partial charge in [-0.3, -0.25) is 9.36 Å². The van der Waals surface area contributed by atoms with E-state index in [0.717, 1.165) is 57.3 Å². The molecule has 0 saturated carbocycles. The van der Waals surface area contributed by atoms with Crippen molar-refractivity contribution in [3.05, 3.63) is 56.7 Å². The molecule has 0 bridgehead atoms. The number of thiophene rings is 1. The highest BCUT2D eigenvalue weighted by Gasteiger charge is 2.25. The number of aryl methyl sites for hydroxylation is 1. The number of thioether (sulfide) groups is 1. The van der Waals surface area contributed by atoms with E-state index in [2.05, 4.69) is 13.5 Å². The second-order valence-electron chi connectivity index (χ2n) is 8.25. The van der Waals surface area contributed by atoms with Gasteiger partial charge in [0.05, 0.1) is 5.39 Å². The van der Waals surface area contributed by atoms with Gasteiger partial charge >= 0.3 is 0 Å². The number of allylic oxidation sites excluding steroid dienone is 1. The van der Waals surface area contributed by atoms with Gasteiger partial charge in [-0.15, -0.1) is 11.3 Å². The number of ether oxygens (including phenoxy) is 2. The highest BCUT2D eigenvalue weighted by Crippen LogP contribution is 2.38. The van der Waals surface area contributed by atoms with Crippen LogP contribution in [-0.2, 0) is 25.1 Å². The summed E-state index contributed by atoms with van der Waals surface area (Å²) in [5.74, 6) is 2.92. The highest BCUT2D eigenvalue weighted by molar-refractivity contribution is 7.98. The van der Waals surface area contributed by atoms with Crippen molar-refractivity contribution < 1.29 is 9.47 Å². The third kappa shape index (κ3) is 3.54. The fraction of sp³-hybridized carbons (Fsp3) is 0.391. The monoisotopic (exact) mass is 440 g/mol. The largest absolute Gasteiger partial charge is 0.454 e. The minimum absolute atomic E-state index is 0.0724. The van der Waals surface area contributed by atoms with Crippen LogP contribution in [0, 0.1) is 5.92 Å². The molecule has 30 heavy (non-hydrogen) atoms. The molecule has 0 spiro atoms. The predicted octanol–water partition coefficient (Wildman–Crippen LogP) is 5.18. The van der Waals surface area contributed by atoms with E-state index in [4.69, 9.17) is 14.5 Å². The Morgan fingerprint density at radius 2 is 2.20 bits per heavy atom. The molecule has 0 amide bonds. The van der Waals surface area contributed by atoms with E-state index in [9.17, 15) is 4.79 Å². The van der Waals surface area contributed by atoms with Crippen molar-refractivity contribution in [1.29, 1.82) is 0 Å². The molecule has 5 rings (SSSR count). The van der Waals surface area contributed by atoms with Gasteiger partial charge in [0.25, 0.3) is 5.56 Å². The van der Waals surface area contributed by atoms with Crippen LogP contribution >= 0.6 is 23.1 Å². The summed E-state index contributed by atoms with van der Waals surface area (Å²) in [5, 5.41) is 1.58. The first kappa shape index (κ1) is 19.7. The van der Waals surface area contributed by atoms with Crippen LogP contribution in [-0.4, -0.2) is 16.3 Å². The molecular weight excluding hydrogens is 416 g/mol. The molecule has 1 aliphatic carbocycles. The van der Waals surface area contributed by atoms with Crippen LogP contribution in [0.4, 0.5) is 0 Å². The van der Waals surface area contributed by atoms with Gasteiger partial charge in [0, 0.05) is 17.2 Å². The summed E-state index contributed by atoms with van der Waals surface area (Å²) in [6.45, 7) is 9.03. The van der Waals surface area contributed by atoms with Crippen molar-refractivity contribution >= 4 is 33.3 Å². The van der Waals surface area contributed by atoms with Crippen LogP contribution in [0.3, 0.4) is 0 Å². The molecule has 1 aromatic carbocycles. The average Bonchev–Trinajstić information content (AvgIpc) is 3.31. The summed E-state index contributed by atoms with van der Waals surface area (Å²) in [6, 6.07) is 5.97. The third-order valence-corrected chi connectivity index (χ3v) is 7.81. The van der Waals surface area contributed by atoms with Gasteiger partial charge in [0.2, 0.25) is 6.79 Å². The van der Waals surface area contributed by atoms with Crippen LogP contribution in [0.5, 0.6) is 11.5 Å². The van der Waals surface area contributed by atoms with Crippen molar-refractivity contribution in [2.75, 3.05) is 6.79 Å². The average molecular weight is 441 g/mol. The topological polar surface area (TPSA) is 53.4 Å². The lowest BCUT2D eigenvalue weighted by molar-refractivity contribution is 0.174. The highest BCUT2D eigenvalue weighted by atomic mass is 32.2. The number of fused-ring (bicyclic) bond motifs is 4. The van der Waals surface area contributed by atoms with Crippen molar-refractivity contribution in [1.82, 2.24) is 9.55 Å². The fourth-order valence-electron chi connectivity index (χ4n) is 4.10. The quantitative estimate of drug-likeness (QED) is 0.311. The third-order valence-electron chi connectivity index (χ3n) is 5.61. The number of nitrogens with zero attached hydrogens (tertiary/aromatic N) is 2. The summed E-state index contributed by atoms with van der Waals surface area (Å²) in [6.07, 6.45) is 3.17.